The van der Waals surface area contributed by atoms with E-state index in [0.29, 0.717) is 6.04 Å². The molecule has 0 atom stereocenters. The Balaban J connectivity index is 0.00000128. The van der Waals surface area contributed by atoms with Crippen LogP contribution in [0.5, 0.6) is 0 Å². The smallest absolute Gasteiger partial charge is 0.142 e. The summed E-state index contributed by atoms with van der Waals surface area (Å²) in [6, 6.07) is 5.56. The first-order valence-corrected chi connectivity index (χ1v) is 5.39. The highest BCUT2D eigenvalue weighted by atomic mass is 35.5. The van der Waals surface area contributed by atoms with Gasteiger partial charge in [0.25, 0.3) is 0 Å². The quantitative estimate of drug-likeness (QED) is 0.902. The van der Waals surface area contributed by atoms with Crippen molar-refractivity contribution in [2.24, 2.45) is 0 Å². The first-order valence-electron chi connectivity index (χ1n) is 5.01. The summed E-state index contributed by atoms with van der Waals surface area (Å²) >= 11 is 5.62. The van der Waals surface area contributed by atoms with Crippen molar-refractivity contribution >= 4 is 24.0 Å². The highest BCUT2D eigenvalue weighted by Crippen LogP contribution is 2.17. The molecule has 0 unspecified atom stereocenters. The lowest BCUT2D eigenvalue weighted by Gasteiger charge is -2.35. The molecule has 1 heterocycles. The summed E-state index contributed by atoms with van der Waals surface area (Å²) < 4.78 is 13.2. The highest BCUT2D eigenvalue weighted by Gasteiger charge is 2.21. The normalized spacial score (nSPS) is 15.8. The van der Waals surface area contributed by atoms with Crippen molar-refractivity contribution in [3.8, 4) is 0 Å². The predicted octanol–water partition coefficient (Wildman–Crippen LogP) is 2.30. The summed E-state index contributed by atoms with van der Waals surface area (Å²) in [5.41, 5.74) is 0.964. The zero-order valence-electron chi connectivity index (χ0n) is 9.04. The van der Waals surface area contributed by atoms with E-state index >= 15 is 0 Å². The number of rotatable bonds is 3. The predicted molar refractivity (Wildman–Crippen MR) is 66.8 cm³/mol. The molecule has 0 amide bonds. The Morgan fingerprint density at radius 2 is 2.19 bits per heavy atom. The average Bonchev–Trinajstić information content (AvgIpc) is 2.08. The van der Waals surface area contributed by atoms with Crippen molar-refractivity contribution in [2.75, 3.05) is 20.1 Å². The molecular formula is C11H15Cl2FN2. The second-order valence-electron chi connectivity index (χ2n) is 3.98. The molecule has 1 aromatic carbocycles. The van der Waals surface area contributed by atoms with Crippen molar-refractivity contribution in [1.29, 1.82) is 0 Å². The number of benzene rings is 1. The van der Waals surface area contributed by atoms with Crippen LogP contribution in [0.4, 0.5) is 4.39 Å². The van der Waals surface area contributed by atoms with Gasteiger partial charge in [0, 0.05) is 25.7 Å². The lowest BCUT2D eigenvalue weighted by molar-refractivity contribution is 0.173. The molecular weight excluding hydrogens is 250 g/mol. The number of likely N-dealkylation sites (N-methyl/N-ethyl adjacent to an activating group) is 1. The zero-order valence-corrected chi connectivity index (χ0v) is 10.6. The second-order valence-corrected chi connectivity index (χ2v) is 4.38. The van der Waals surface area contributed by atoms with E-state index < -0.39 is 0 Å². The van der Waals surface area contributed by atoms with Crippen LogP contribution >= 0.6 is 24.0 Å². The van der Waals surface area contributed by atoms with E-state index in [1.807, 2.05) is 6.07 Å². The number of hydrogen-bond donors (Lipinski definition) is 1. The topological polar surface area (TPSA) is 15.3 Å². The Labute approximate surface area is 106 Å². The van der Waals surface area contributed by atoms with Crippen LogP contribution in [0, 0.1) is 5.82 Å². The average molecular weight is 265 g/mol. The molecule has 5 heteroatoms. The van der Waals surface area contributed by atoms with Crippen LogP contribution in [-0.2, 0) is 6.54 Å². The molecule has 1 saturated heterocycles. The number of halogens is 3. The van der Waals surface area contributed by atoms with E-state index in [9.17, 15) is 4.39 Å². The molecule has 0 radical (unpaired) electrons. The maximum Gasteiger partial charge on any atom is 0.142 e. The second kappa shape index (κ2) is 5.82. The van der Waals surface area contributed by atoms with E-state index in [1.165, 1.54) is 6.07 Å². The fourth-order valence-electron chi connectivity index (χ4n) is 1.64. The van der Waals surface area contributed by atoms with Crippen molar-refractivity contribution in [2.45, 2.75) is 12.6 Å². The van der Waals surface area contributed by atoms with Gasteiger partial charge >= 0.3 is 0 Å². The lowest BCUT2D eigenvalue weighted by atomic mass is 10.1. The van der Waals surface area contributed by atoms with Crippen LogP contribution < -0.4 is 5.32 Å². The van der Waals surface area contributed by atoms with Crippen LogP contribution in [0.1, 0.15) is 5.56 Å². The number of hydrogen-bond acceptors (Lipinski definition) is 2. The third-order valence-corrected chi connectivity index (χ3v) is 3.11. The molecule has 0 aromatic heterocycles. The van der Waals surface area contributed by atoms with Gasteiger partial charge in [0.2, 0.25) is 0 Å². The molecule has 90 valence electrons. The first kappa shape index (κ1) is 13.7. The largest absolute Gasteiger partial charge is 0.314 e. The third-order valence-electron chi connectivity index (χ3n) is 2.80. The lowest BCUT2D eigenvalue weighted by Crippen LogP contribution is -2.55. The first-order chi connectivity index (χ1) is 7.16. The Kier molecular flexibility index (Phi) is 4.99. The van der Waals surface area contributed by atoms with Gasteiger partial charge in [-0.25, -0.2) is 4.39 Å². The van der Waals surface area contributed by atoms with Gasteiger partial charge in [-0.2, -0.15) is 0 Å². The summed E-state index contributed by atoms with van der Waals surface area (Å²) in [6.45, 7) is 2.81. The standard InChI is InChI=1S/C11H14ClFN2.ClH/c1-15(9-5-14-6-9)7-8-2-3-10(12)11(13)4-8;/h2-4,9,14H,5-7H2,1H3;1H. The van der Waals surface area contributed by atoms with Gasteiger partial charge in [-0.1, -0.05) is 17.7 Å². The number of nitrogens with one attached hydrogen (secondary N) is 1. The Morgan fingerprint density at radius 1 is 1.50 bits per heavy atom. The SMILES string of the molecule is CN(Cc1ccc(Cl)c(F)c1)C1CNC1.Cl. The van der Waals surface area contributed by atoms with Crippen molar-refractivity contribution in [3.63, 3.8) is 0 Å². The molecule has 0 spiro atoms. The van der Waals surface area contributed by atoms with Crippen LogP contribution in [0.15, 0.2) is 18.2 Å². The summed E-state index contributed by atoms with van der Waals surface area (Å²) in [5.74, 6) is -0.339. The van der Waals surface area contributed by atoms with E-state index in [1.54, 1.807) is 6.07 Å². The molecule has 1 aliphatic rings. The monoisotopic (exact) mass is 264 g/mol. The van der Waals surface area contributed by atoms with Crippen LogP contribution in [0.3, 0.4) is 0 Å². The fourth-order valence-corrected chi connectivity index (χ4v) is 1.76. The number of nitrogens with zero attached hydrogens (tertiary/aromatic N) is 1. The van der Waals surface area contributed by atoms with Gasteiger partial charge < -0.3 is 5.32 Å². The Bertz CT molecular complexity index is 356. The molecule has 2 nitrogen and oxygen atoms in total. The molecule has 1 fully saturated rings. The van der Waals surface area contributed by atoms with E-state index in [0.717, 1.165) is 25.2 Å². The van der Waals surface area contributed by atoms with Crippen LogP contribution in [0.2, 0.25) is 5.02 Å². The molecule has 16 heavy (non-hydrogen) atoms. The minimum Gasteiger partial charge on any atom is -0.314 e. The minimum absolute atomic E-state index is 0. The van der Waals surface area contributed by atoms with Crippen LogP contribution in [0.25, 0.3) is 0 Å². The molecule has 2 rings (SSSR count). The molecule has 1 aliphatic heterocycles. The fraction of sp³-hybridized carbons (Fsp3) is 0.455. The van der Waals surface area contributed by atoms with Gasteiger partial charge in [0.05, 0.1) is 5.02 Å². The van der Waals surface area contributed by atoms with Crippen molar-refractivity contribution < 1.29 is 4.39 Å². The summed E-state index contributed by atoms with van der Waals surface area (Å²) in [4.78, 5) is 2.22. The summed E-state index contributed by atoms with van der Waals surface area (Å²) in [6.07, 6.45) is 0. The Hall–Kier alpha value is -0.350. The molecule has 1 N–H and O–H groups in total. The van der Waals surface area contributed by atoms with Crippen molar-refractivity contribution in [3.05, 3.63) is 34.6 Å². The van der Waals surface area contributed by atoms with Gasteiger partial charge in [0.1, 0.15) is 5.82 Å². The Morgan fingerprint density at radius 3 is 2.69 bits per heavy atom. The van der Waals surface area contributed by atoms with E-state index in [-0.39, 0.29) is 23.2 Å². The minimum atomic E-state index is -0.339. The van der Waals surface area contributed by atoms with Gasteiger partial charge in [-0.15, -0.1) is 12.4 Å². The van der Waals surface area contributed by atoms with Crippen LogP contribution in [-0.4, -0.2) is 31.1 Å². The van der Waals surface area contributed by atoms with Gasteiger partial charge in [0.15, 0.2) is 0 Å². The molecule has 0 saturated carbocycles. The summed E-state index contributed by atoms with van der Waals surface area (Å²) in [5, 5.41) is 3.40. The van der Waals surface area contributed by atoms with E-state index in [4.69, 9.17) is 11.6 Å². The van der Waals surface area contributed by atoms with Crippen molar-refractivity contribution in [1.82, 2.24) is 10.2 Å². The van der Waals surface area contributed by atoms with Gasteiger partial charge in [-0.05, 0) is 24.7 Å². The molecule has 0 aliphatic carbocycles. The third kappa shape index (κ3) is 3.08. The van der Waals surface area contributed by atoms with Gasteiger partial charge in [-0.3, -0.25) is 4.90 Å². The molecule has 0 bridgehead atoms. The summed E-state index contributed by atoms with van der Waals surface area (Å²) in [7, 11) is 2.05. The van der Waals surface area contributed by atoms with E-state index in [2.05, 4.69) is 17.3 Å². The highest BCUT2D eigenvalue weighted by molar-refractivity contribution is 6.30. The maximum atomic E-state index is 13.2. The molecule has 1 aromatic rings. The zero-order chi connectivity index (χ0) is 10.8. The maximum absolute atomic E-state index is 13.2.